The number of nitrogens with zero attached hydrogens (tertiary/aromatic N) is 2. The summed E-state index contributed by atoms with van der Waals surface area (Å²) in [6.07, 6.45) is 1.10. The van der Waals surface area contributed by atoms with E-state index in [9.17, 15) is 4.79 Å². The number of halogens is 1. The Morgan fingerprint density at radius 2 is 2.05 bits per heavy atom. The quantitative estimate of drug-likeness (QED) is 0.912. The third-order valence-corrected chi connectivity index (χ3v) is 3.28. The molecule has 0 saturated carbocycles. The molecule has 0 radical (unpaired) electrons. The van der Waals surface area contributed by atoms with Crippen LogP contribution in [0.15, 0.2) is 18.2 Å². The molecule has 1 aromatic rings. The molecule has 1 aromatic carbocycles. The van der Waals surface area contributed by atoms with Gasteiger partial charge in [0.15, 0.2) is 0 Å². The van der Waals surface area contributed by atoms with E-state index in [1.807, 2.05) is 7.05 Å². The highest BCUT2D eigenvalue weighted by Gasteiger charge is 2.15. The van der Waals surface area contributed by atoms with Gasteiger partial charge in [-0.05, 0) is 24.6 Å². The van der Waals surface area contributed by atoms with Gasteiger partial charge in [0.25, 0.3) is 0 Å². The third-order valence-electron chi connectivity index (χ3n) is 3.28. The highest BCUT2D eigenvalue weighted by molar-refractivity contribution is 5.85. The first-order chi connectivity index (χ1) is 8.58. The third kappa shape index (κ3) is 3.85. The van der Waals surface area contributed by atoms with Gasteiger partial charge in [0, 0.05) is 32.9 Å². The van der Waals surface area contributed by atoms with Gasteiger partial charge >= 0.3 is 0 Å². The molecule has 0 saturated heterocycles. The van der Waals surface area contributed by atoms with E-state index in [0.717, 1.165) is 19.5 Å². The number of likely N-dealkylation sites (N-methyl/N-ethyl adjacent to an activating group) is 2. The maximum absolute atomic E-state index is 11.6. The number of para-hydroxylation sites is 1. The summed E-state index contributed by atoms with van der Waals surface area (Å²) in [5.41, 5.74) is 3.93. The van der Waals surface area contributed by atoms with Crippen LogP contribution >= 0.6 is 12.4 Å². The highest BCUT2D eigenvalue weighted by atomic mass is 35.5. The number of amides is 1. The van der Waals surface area contributed by atoms with Gasteiger partial charge in [-0.2, -0.15) is 0 Å². The Bertz CT molecular complexity index is 448. The number of anilines is 1. The molecule has 19 heavy (non-hydrogen) atoms. The lowest BCUT2D eigenvalue weighted by Gasteiger charge is -2.20. The number of carbonyl (C=O) groups is 1. The molecule has 1 aliphatic rings. The summed E-state index contributed by atoms with van der Waals surface area (Å²) >= 11 is 0. The molecule has 0 bridgehead atoms. The smallest absolute Gasteiger partial charge is 0.236 e. The monoisotopic (exact) mass is 283 g/mol. The van der Waals surface area contributed by atoms with Crippen molar-refractivity contribution >= 4 is 24.0 Å². The van der Waals surface area contributed by atoms with Crippen LogP contribution in [-0.2, 0) is 17.8 Å². The number of rotatable bonds is 4. The van der Waals surface area contributed by atoms with Crippen molar-refractivity contribution in [1.82, 2.24) is 9.80 Å². The van der Waals surface area contributed by atoms with E-state index in [1.165, 1.54) is 16.8 Å². The highest BCUT2D eigenvalue weighted by Crippen LogP contribution is 2.27. The number of hydrogen-bond donors (Lipinski definition) is 1. The lowest BCUT2D eigenvalue weighted by atomic mass is 10.1. The van der Waals surface area contributed by atoms with E-state index in [4.69, 9.17) is 0 Å². The van der Waals surface area contributed by atoms with Gasteiger partial charge in [0.1, 0.15) is 0 Å². The average molecular weight is 284 g/mol. The molecule has 2 rings (SSSR count). The van der Waals surface area contributed by atoms with Gasteiger partial charge in [0.05, 0.1) is 6.54 Å². The topological polar surface area (TPSA) is 35.6 Å². The number of carbonyl (C=O) groups excluding carboxylic acids is 1. The molecule has 1 aliphatic heterocycles. The Morgan fingerprint density at radius 3 is 2.74 bits per heavy atom. The molecule has 0 unspecified atom stereocenters. The molecule has 0 fully saturated rings. The van der Waals surface area contributed by atoms with E-state index in [0.29, 0.717) is 6.54 Å². The van der Waals surface area contributed by atoms with Crippen LogP contribution in [0.1, 0.15) is 11.1 Å². The lowest BCUT2D eigenvalue weighted by Crippen LogP contribution is -2.34. The minimum absolute atomic E-state index is 0. The molecular weight excluding hydrogens is 262 g/mol. The van der Waals surface area contributed by atoms with Crippen molar-refractivity contribution in [2.24, 2.45) is 0 Å². The van der Waals surface area contributed by atoms with Crippen molar-refractivity contribution in [2.75, 3.05) is 39.5 Å². The number of nitrogens with one attached hydrogen (secondary N) is 1. The molecule has 0 spiro atoms. The minimum atomic E-state index is 0. The van der Waals surface area contributed by atoms with Gasteiger partial charge < -0.3 is 10.2 Å². The summed E-state index contributed by atoms with van der Waals surface area (Å²) in [5.74, 6) is 0.137. The van der Waals surface area contributed by atoms with Gasteiger partial charge in [-0.3, -0.25) is 9.69 Å². The van der Waals surface area contributed by atoms with Crippen molar-refractivity contribution in [1.29, 1.82) is 0 Å². The summed E-state index contributed by atoms with van der Waals surface area (Å²) in [4.78, 5) is 15.3. The fraction of sp³-hybridized carbons (Fsp3) is 0.500. The van der Waals surface area contributed by atoms with Crippen LogP contribution in [-0.4, -0.2) is 49.9 Å². The van der Waals surface area contributed by atoms with E-state index in [1.54, 1.807) is 19.0 Å². The summed E-state index contributed by atoms with van der Waals surface area (Å²) < 4.78 is 0. The second-order valence-corrected chi connectivity index (χ2v) is 5.09. The molecule has 1 amide bonds. The van der Waals surface area contributed by atoms with E-state index >= 15 is 0 Å². The molecule has 4 nitrogen and oxygen atoms in total. The van der Waals surface area contributed by atoms with Crippen molar-refractivity contribution in [2.45, 2.75) is 13.0 Å². The van der Waals surface area contributed by atoms with Crippen LogP contribution in [0.5, 0.6) is 0 Å². The predicted molar refractivity (Wildman–Crippen MR) is 80.9 cm³/mol. The molecule has 0 aromatic heterocycles. The molecule has 5 heteroatoms. The summed E-state index contributed by atoms with van der Waals surface area (Å²) in [5, 5.41) is 3.43. The second-order valence-electron chi connectivity index (χ2n) is 5.09. The molecule has 1 N–H and O–H groups in total. The standard InChI is InChI=1S/C14H21N3O.ClH/c1-16(2)13(18)10-17(3)9-12-6-4-5-11-7-8-15-14(11)12;/h4-6,15H,7-10H2,1-3H3;1H. The number of fused-ring (bicyclic) bond motifs is 1. The number of benzene rings is 1. The largest absolute Gasteiger partial charge is 0.384 e. The van der Waals surface area contributed by atoms with Gasteiger partial charge in [-0.25, -0.2) is 0 Å². The Hall–Kier alpha value is -1.26. The Kier molecular flexibility index (Phi) is 5.63. The molecular formula is C14H22ClN3O. The summed E-state index contributed by atoms with van der Waals surface area (Å²) in [6.45, 7) is 2.28. The molecule has 1 heterocycles. The lowest BCUT2D eigenvalue weighted by molar-refractivity contribution is -0.129. The van der Waals surface area contributed by atoms with Gasteiger partial charge in [-0.15, -0.1) is 12.4 Å². The number of hydrogen-bond acceptors (Lipinski definition) is 3. The fourth-order valence-corrected chi connectivity index (χ4v) is 2.26. The fourth-order valence-electron chi connectivity index (χ4n) is 2.26. The maximum atomic E-state index is 11.6. The summed E-state index contributed by atoms with van der Waals surface area (Å²) in [6, 6.07) is 6.40. The maximum Gasteiger partial charge on any atom is 0.236 e. The van der Waals surface area contributed by atoms with Crippen LogP contribution in [0, 0.1) is 0 Å². The first-order valence-corrected chi connectivity index (χ1v) is 6.31. The Labute approximate surface area is 121 Å². The van der Waals surface area contributed by atoms with Gasteiger partial charge in [-0.1, -0.05) is 18.2 Å². The SMILES string of the molecule is CN(CC(=O)N(C)C)Cc1cccc2c1NCC2.Cl. The van der Waals surface area contributed by atoms with Crippen LogP contribution in [0.25, 0.3) is 0 Å². The summed E-state index contributed by atoms with van der Waals surface area (Å²) in [7, 11) is 5.56. The van der Waals surface area contributed by atoms with Crippen LogP contribution in [0.2, 0.25) is 0 Å². The van der Waals surface area contributed by atoms with Crippen molar-refractivity contribution in [3.63, 3.8) is 0 Å². The Balaban J connectivity index is 0.00000180. The zero-order chi connectivity index (χ0) is 13.1. The van der Waals surface area contributed by atoms with Crippen molar-refractivity contribution < 1.29 is 4.79 Å². The first kappa shape index (κ1) is 15.8. The van der Waals surface area contributed by atoms with Gasteiger partial charge in [0.2, 0.25) is 5.91 Å². The normalized spacial score (nSPS) is 12.6. The molecule has 0 aliphatic carbocycles. The average Bonchev–Trinajstić information content (AvgIpc) is 2.77. The second kappa shape index (κ2) is 6.78. The zero-order valence-electron chi connectivity index (χ0n) is 11.8. The zero-order valence-corrected chi connectivity index (χ0v) is 12.6. The molecule has 0 atom stereocenters. The van der Waals surface area contributed by atoms with Crippen molar-refractivity contribution in [3.8, 4) is 0 Å². The van der Waals surface area contributed by atoms with E-state index < -0.39 is 0 Å². The Morgan fingerprint density at radius 1 is 1.32 bits per heavy atom. The van der Waals surface area contributed by atoms with Crippen molar-refractivity contribution in [3.05, 3.63) is 29.3 Å². The van der Waals surface area contributed by atoms with Crippen LogP contribution in [0.4, 0.5) is 5.69 Å². The minimum Gasteiger partial charge on any atom is -0.384 e. The predicted octanol–water partition coefficient (Wildman–Crippen LogP) is 1.60. The van der Waals surface area contributed by atoms with Crippen LogP contribution < -0.4 is 5.32 Å². The van der Waals surface area contributed by atoms with E-state index in [2.05, 4.69) is 28.4 Å². The first-order valence-electron chi connectivity index (χ1n) is 6.31. The van der Waals surface area contributed by atoms with E-state index in [-0.39, 0.29) is 18.3 Å². The van der Waals surface area contributed by atoms with Crippen LogP contribution in [0.3, 0.4) is 0 Å². The molecule has 106 valence electrons.